The molecule has 0 spiro atoms. The van der Waals surface area contributed by atoms with Gasteiger partial charge in [0.15, 0.2) is 0 Å². The molecule has 13 heteroatoms. The second-order valence-electron chi connectivity index (χ2n) is 8.08. The van der Waals surface area contributed by atoms with Crippen molar-refractivity contribution in [1.82, 2.24) is 30.2 Å². The number of rotatable bonds is 6. The number of piperazine rings is 1. The lowest BCUT2D eigenvalue weighted by atomic mass is 10.1. The van der Waals surface area contributed by atoms with E-state index < -0.39 is 6.36 Å². The number of alkyl halides is 3. The van der Waals surface area contributed by atoms with Crippen LogP contribution in [0.3, 0.4) is 0 Å². The first-order valence-electron chi connectivity index (χ1n) is 11.0. The van der Waals surface area contributed by atoms with E-state index in [0.717, 1.165) is 17.8 Å². The molecule has 0 radical (unpaired) electrons. The van der Waals surface area contributed by atoms with E-state index in [1.807, 2.05) is 29.2 Å². The third-order valence-electron chi connectivity index (χ3n) is 5.47. The molecule has 3 heterocycles. The smallest absolute Gasteiger partial charge is 0.406 e. The number of nitrogens with zero attached hydrogens (tertiary/aromatic N) is 6. The molecule has 0 bridgehead atoms. The SMILES string of the molecule is Cc1nc(-c2nc(-c3ccc(OC(F)(F)F)cc3)no2)nn1Cc1cccc(N2CCNC(=O)C2)c1. The number of halogens is 3. The Morgan fingerprint density at radius 1 is 1.11 bits per heavy atom. The lowest BCUT2D eigenvalue weighted by Gasteiger charge is -2.28. The molecule has 1 aliphatic heterocycles. The highest BCUT2D eigenvalue weighted by Crippen LogP contribution is 2.26. The molecule has 4 aromatic rings. The highest BCUT2D eigenvalue weighted by atomic mass is 19.4. The summed E-state index contributed by atoms with van der Waals surface area (Å²) in [7, 11) is 0. The number of hydrogen-bond acceptors (Lipinski definition) is 8. The molecule has 0 saturated carbocycles. The fourth-order valence-corrected chi connectivity index (χ4v) is 3.78. The zero-order chi connectivity index (χ0) is 25.3. The van der Waals surface area contributed by atoms with Crippen LogP contribution in [0.15, 0.2) is 53.1 Å². The zero-order valence-corrected chi connectivity index (χ0v) is 19.0. The van der Waals surface area contributed by atoms with Gasteiger partial charge in [0.25, 0.3) is 5.89 Å². The number of hydrogen-bond donors (Lipinski definition) is 1. The van der Waals surface area contributed by atoms with Crippen LogP contribution in [-0.4, -0.2) is 56.8 Å². The summed E-state index contributed by atoms with van der Waals surface area (Å²) in [5, 5.41) is 11.2. The van der Waals surface area contributed by atoms with E-state index in [9.17, 15) is 18.0 Å². The number of carbonyl (C=O) groups is 1. The number of amides is 1. The first-order valence-corrected chi connectivity index (χ1v) is 11.0. The quantitative estimate of drug-likeness (QED) is 0.431. The Labute approximate surface area is 202 Å². The summed E-state index contributed by atoms with van der Waals surface area (Å²) in [5.74, 6) is 0.756. The average molecular weight is 499 g/mol. The lowest BCUT2D eigenvalue weighted by Crippen LogP contribution is -2.47. The van der Waals surface area contributed by atoms with Crippen LogP contribution in [0, 0.1) is 6.92 Å². The molecule has 36 heavy (non-hydrogen) atoms. The number of nitrogens with one attached hydrogen (secondary N) is 1. The van der Waals surface area contributed by atoms with E-state index in [1.54, 1.807) is 11.6 Å². The molecule has 0 atom stereocenters. The van der Waals surface area contributed by atoms with Crippen LogP contribution in [0.1, 0.15) is 11.4 Å². The Morgan fingerprint density at radius 2 is 1.92 bits per heavy atom. The second-order valence-corrected chi connectivity index (χ2v) is 8.08. The van der Waals surface area contributed by atoms with Gasteiger partial charge < -0.3 is 19.5 Å². The number of carbonyl (C=O) groups excluding carboxylic acids is 1. The molecule has 0 aliphatic carbocycles. The van der Waals surface area contributed by atoms with Crippen molar-refractivity contribution >= 4 is 11.6 Å². The molecule has 1 fully saturated rings. The molecule has 0 unspecified atom stereocenters. The van der Waals surface area contributed by atoms with E-state index in [2.05, 4.69) is 30.3 Å². The van der Waals surface area contributed by atoms with Gasteiger partial charge in [0, 0.05) is 24.3 Å². The number of ether oxygens (including phenoxy) is 1. The van der Waals surface area contributed by atoms with Gasteiger partial charge in [-0.25, -0.2) is 9.67 Å². The van der Waals surface area contributed by atoms with Gasteiger partial charge in [-0.1, -0.05) is 17.3 Å². The van der Waals surface area contributed by atoms with E-state index in [0.29, 0.717) is 31.0 Å². The number of aryl methyl sites for hydroxylation is 1. The van der Waals surface area contributed by atoms with E-state index >= 15 is 0 Å². The number of anilines is 1. The molecule has 1 aliphatic rings. The van der Waals surface area contributed by atoms with Crippen LogP contribution >= 0.6 is 0 Å². The fraction of sp³-hybridized carbons (Fsp3) is 0.261. The zero-order valence-electron chi connectivity index (χ0n) is 19.0. The third-order valence-corrected chi connectivity index (χ3v) is 5.47. The second kappa shape index (κ2) is 9.32. The van der Waals surface area contributed by atoms with Crippen LogP contribution in [0.2, 0.25) is 0 Å². The summed E-state index contributed by atoms with van der Waals surface area (Å²) < 4.78 is 47.9. The topological polar surface area (TPSA) is 111 Å². The van der Waals surface area contributed by atoms with Crippen LogP contribution in [0.4, 0.5) is 18.9 Å². The van der Waals surface area contributed by atoms with Crippen molar-refractivity contribution in [2.75, 3.05) is 24.5 Å². The first-order chi connectivity index (χ1) is 17.2. The highest BCUT2D eigenvalue weighted by Gasteiger charge is 2.31. The normalized spacial score (nSPS) is 14.1. The maximum atomic E-state index is 12.4. The van der Waals surface area contributed by atoms with Crippen molar-refractivity contribution in [2.24, 2.45) is 0 Å². The molecular weight excluding hydrogens is 479 g/mol. The third kappa shape index (κ3) is 5.29. The number of benzene rings is 2. The van der Waals surface area contributed by atoms with Gasteiger partial charge >= 0.3 is 6.36 Å². The van der Waals surface area contributed by atoms with Gasteiger partial charge in [0.1, 0.15) is 11.6 Å². The predicted molar refractivity (Wildman–Crippen MR) is 121 cm³/mol. The Balaban J connectivity index is 1.31. The summed E-state index contributed by atoms with van der Waals surface area (Å²) in [4.78, 5) is 22.4. The van der Waals surface area contributed by atoms with Crippen molar-refractivity contribution in [3.8, 4) is 28.9 Å². The number of aromatic nitrogens is 5. The Bertz CT molecular complexity index is 1380. The molecular formula is C23H20F3N7O3. The van der Waals surface area contributed by atoms with Crippen molar-refractivity contribution in [2.45, 2.75) is 19.8 Å². The van der Waals surface area contributed by atoms with Crippen LogP contribution in [0.5, 0.6) is 5.75 Å². The molecule has 1 saturated heterocycles. The van der Waals surface area contributed by atoms with Gasteiger partial charge in [0.05, 0.1) is 13.1 Å². The van der Waals surface area contributed by atoms with Crippen molar-refractivity contribution in [1.29, 1.82) is 0 Å². The van der Waals surface area contributed by atoms with Crippen molar-refractivity contribution in [3.05, 3.63) is 59.9 Å². The summed E-state index contributed by atoms with van der Waals surface area (Å²) in [6, 6.07) is 13.0. The highest BCUT2D eigenvalue weighted by molar-refractivity contribution is 5.82. The van der Waals surface area contributed by atoms with Crippen LogP contribution in [0.25, 0.3) is 23.1 Å². The largest absolute Gasteiger partial charge is 0.573 e. The minimum Gasteiger partial charge on any atom is -0.406 e. The van der Waals surface area contributed by atoms with Crippen LogP contribution < -0.4 is 15.0 Å². The molecule has 186 valence electrons. The molecule has 2 aromatic carbocycles. The molecule has 2 aromatic heterocycles. The van der Waals surface area contributed by atoms with Crippen LogP contribution in [-0.2, 0) is 11.3 Å². The standard InChI is InChI=1S/C23H20F3N7O3/c1-14-28-21(22-29-20(31-36-22)16-5-7-18(8-6-16)35-23(24,25)26)30-33(14)12-15-3-2-4-17(11-15)32-10-9-27-19(34)13-32/h2-8,11H,9-10,12-13H2,1H3,(H,27,34). The first kappa shape index (κ1) is 23.3. The maximum absolute atomic E-state index is 12.4. The molecule has 10 nitrogen and oxygen atoms in total. The summed E-state index contributed by atoms with van der Waals surface area (Å²) in [6.45, 7) is 3.89. The predicted octanol–water partition coefficient (Wildman–Crippen LogP) is 3.19. The van der Waals surface area contributed by atoms with Gasteiger partial charge in [-0.05, 0) is 48.9 Å². The molecule has 1 N–H and O–H groups in total. The van der Waals surface area contributed by atoms with E-state index in [-0.39, 0.29) is 29.2 Å². The van der Waals surface area contributed by atoms with E-state index in [4.69, 9.17) is 4.52 Å². The van der Waals surface area contributed by atoms with Crippen molar-refractivity contribution < 1.29 is 27.2 Å². The monoisotopic (exact) mass is 499 g/mol. The lowest BCUT2D eigenvalue weighted by molar-refractivity contribution is -0.274. The van der Waals surface area contributed by atoms with Gasteiger partial charge in [-0.3, -0.25) is 4.79 Å². The summed E-state index contributed by atoms with van der Waals surface area (Å²) in [5.41, 5.74) is 2.37. The van der Waals surface area contributed by atoms with Gasteiger partial charge in [-0.15, -0.1) is 18.3 Å². The van der Waals surface area contributed by atoms with Crippen molar-refractivity contribution in [3.63, 3.8) is 0 Å². The summed E-state index contributed by atoms with van der Waals surface area (Å²) in [6.07, 6.45) is -4.77. The minimum absolute atomic E-state index is 0.00655. The Morgan fingerprint density at radius 3 is 2.67 bits per heavy atom. The molecule has 5 rings (SSSR count). The average Bonchev–Trinajstić information content (AvgIpc) is 3.46. The van der Waals surface area contributed by atoms with Gasteiger partial charge in [0.2, 0.25) is 17.6 Å². The Kier molecular flexibility index (Phi) is 6.04. The fourth-order valence-electron chi connectivity index (χ4n) is 3.78. The summed E-state index contributed by atoms with van der Waals surface area (Å²) >= 11 is 0. The Hall–Kier alpha value is -4.42. The van der Waals surface area contributed by atoms with Gasteiger partial charge in [-0.2, -0.15) is 4.98 Å². The molecule has 1 amide bonds. The maximum Gasteiger partial charge on any atom is 0.573 e. The van der Waals surface area contributed by atoms with E-state index in [1.165, 1.54) is 24.3 Å². The minimum atomic E-state index is -4.77.